The van der Waals surface area contributed by atoms with Crippen molar-refractivity contribution in [2.75, 3.05) is 17.3 Å². The number of thiocarbonyl (C=S) groups is 1. The van der Waals surface area contributed by atoms with E-state index in [0.29, 0.717) is 16.8 Å². The van der Waals surface area contributed by atoms with Crippen molar-refractivity contribution in [3.8, 4) is 0 Å². The topological polar surface area (TPSA) is 61.4 Å². The number of benzene rings is 3. The van der Waals surface area contributed by atoms with Crippen molar-refractivity contribution in [3.63, 3.8) is 0 Å². The van der Waals surface area contributed by atoms with Crippen molar-refractivity contribution in [1.82, 2.24) is 5.32 Å². The summed E-state index contributed by atoms with van der Waals surface area (Å²) in [5.74, 6) is -0.441. The molecule has 3 aromatic rings. The van der Waals surface area contributed by atoms with Gasteiger partial charge in [-0.3, -0.25) is 14.9 Å². The van der Waals surface area contributed by atoms with Crippen molar-refractivity contribution in [1.29, 1.82) is 0 Å². The third-order valence-electron chi connectivity index (χ3n) is 4.08. The molecule has 0 heterocycles. The number of hydrogen-bond donors (Lipinski definition) is 2. The summed E-state index contributed by atoms with van der Waals surface area (Å²) < 4.78 is 0. The van der Waals surface area contributed by atoms with Crippen molar-refractivity contribution < 1.29 is 9.59 Å². The van der Waals surface area contributed by atoms with Crippen LogP contribution in [0.4, 0.5) is 11.4 Å². The molecule has 0 atom stereocenters. The van der Waals surface area contributed by atoms with Crippen LogP contribution < -0.4 is 15.5 Å². The molecule has 0 spiro atoms. The highest BCUT2D eigenvalue weighted by Gasteiger charge is 2.14. The van der Waals surface area contributed by atoms with Gasteiger partial charge < -0.3 is 10.2 Å². The Bertz CT molecular complexity index is 991. The minimum Gasteiger partial charge on any atom is -0.332 e. The van der Waals surface area contributed by atoms with Crippen LogP contribution in [0, 0.1) is 0 Å². The molecule has 0 radical (unpaired) electrons. The number of carbonyl (C=O) groups excluding carboxylic acids is 2. The van der Waals surface area contributed by atoms with Gasteiger partial charge in [-0.05, 0) is 54.7 Å². The van der Waals surface area contributed by atoms with Gasteiger partial charge in [-0.25, -0.2) is 0 Å². The summed E-state index contributed by atoms with van der Waals surface area (Å²) in [7, 11) is 1.72. The van der Waals surface area contributed by atoms with Crippen LogP contribution >= 0.6 is 12.2 Å². The number of para-hydroxylation sites is 1. The van der Waals surface area contributed by atoms with Gasteiger partial charge in [0.15, 0.2) is 5.11 Å². The first-order chi connectivity index (χ1) is 13.5. The molecule has 140 valence electrons. The van der Waals surface area contributed by atoms with E-state index in [-0.39, 0.29) is 16.9 Å². The maximum absolute atomic E-state index is 12.7. The summed E-state index contributed by atoms with van der Waals surface area (Å²) in [6, 6.07) is 25.2. The molecule has 0 saturated carbocycles. The predicted octanol–water partition coefficient (Wildman–Crippen LogP) is 4.09. The number of carbonyl (C=O) groups is 2. The van der Waals surface area contributed by atoms with Crippen molar-refractivity contribution in [3.05, 3.63) is 96.1 Å². The SMILES string of the molecule is CN(C(=O)c1cccc(NC(=S)NC(=O)c2ccccc2)c1)c1ccccc1. The summed E-state index contributed by atoms with van der Waals surface area (Å²) in [6.45, 7) is 0. The standard InChI is InChI=1S/C22H19N3O2S/c1-25(19-13-6-3-7-14-19)21(27)17-11-8-12-18(15-17)23-22(28)24-20(26)16-9-4-2-5-10-16/h2-15H,1H3,(H2,23,24,26,28). The third-order valence-corrected chi connectivity index (χ3v) is 4.28. The van der Waals surface area contributed by atoms with Crippen LogP contribution in [0.15, 0.2) is 84.9 Å². The van der Waals surface area contributed by atoms with Gasteiger partial charge in [0.1, 0.15) is 0 Å². The van der Waals surface area contributed by atoms with Crippen molar-refractivity contribution >= 4 is 40.5 Å². The normalized spacial score (nSPS) is 10.0. The van der Waals surface area contributed by atoms with E-state index in [2.05, 4.69) is 10.6 Å². The van der Waals surface area contributed by atoms with E-state index in [0.717, 1.165) is 5.69 Å². The zero-order valence-electron chi connectivity index (χ0n) is 15.3. The molecule has 2 amide bonds. The largest absolute Gasteiger partial charge is 0.332 e. The molecule has 0 aliphatic heterocycles. The Morgan fingerprint density at radius 1 is 0.821 bits per heavy atom. The molecule has 0 saturated heterocycles. The smallest absolute Gasteiger partial charge is 0.258 e. The maximum atomic E-state index is 12.7. The van der Waals surface area contributed by atoms with Gasteiger partial charge in [0.25, 0.3) is 11.8 Å². The van der Waals surface area contributed by atoms with Crippen LogP contribution in [0.5, 0.6) is 0 Å². The van der Waals surface area contributed by atoms with Gasteiger partial charge in [0.05, 0.1) is 0 Å². The lowest BCUT2D eigenvalue weighted by Crippen LogP contribution is -2.34. The van der Waals surface area contributed by atoms with Crippen molar-refractivity contribution in [2.24, 2.45) is 0 Å². The van der Waals surface area contributed by atoms with E-state index >= 15 is 0 Å². The van der Waals surface area contributed by atoms with Crippen LogP contribution in [-0.4, -0.2) is 24.0 Å². The molecule has 0 aliphatic rings. The summed E-state index contributed by atoms with van der Waals surface area (Å²) in [5.41, 5.74) is 2.44. The monoisotopic (exact) mass is 389 g/mol. The molecular formula is C22H19N3O2S. The highest BCUT2D eigenvalue weighted by atomic mass is 32.1. The molecule has 3 aromatic carbocycles. The first kappa shape index (κ1) is 19.3. The molecule has 6 heteroatoms. The second-order valence-electron chi connectivity index (χ2n) is 6.05. The van der Waals surface area contributed by atoms with Crippen LogP contribution in [0.1, 0.15) is 20.7 Å². The Hall–Kier alpha value is -3.51. The minimum atomic E-state index is -0.297. The van der Waals surface area contributed by atoms with E-state index in [1.165, 1.54) is 0 Å². The maximum Gasteiger partial charge on any atom is 0.258 e. The predicted molar refractivity (Wildman–Crippen MR) is 116 cm³/mol. The number of hydrogen-bond acceptors (Lipinski definition) is 3. The Kier molecular flexibility index (Phi) is 6.14. The van der Waals surface area contributed by atoms with Gasteiger partial charge in [-0.15, -0.1) is 0 Å². The Labute approximate surface area is 169 Å². The fraction of sp³-hybridized carbons (Fsp3) is 0.0455. The summed E-state index contributed by atoms with van der Waals surface area (Å²) in [4.78, 5) is 26.5. The van der Waals surface area contributed by atoms with E-state index < -0.39 is 0 Å². The van der Waals surface area contributed by atoms with E-state index in [4.69, 9.17) is 12.2 Å². The van der Waals surface area contributed by atoms with E-state index in [9.17, 15) is 9.59 Å². The summed E-state index contributed by atoms with van der Waals surface area (Å²) >= 11 is 5.21. The lowest BCUT2D eigenvalue weighted by molar-refractivity contribution is 0.0974. The van der Waals surface area contributed by atoms with E-state index in [1.54, 1.807) is 60.5 Å². The van der Waals surface area contributed by atoms with Gasteiger partial charge >= 0.3 is 0 Å². The minimum absolute atomic E-state index is 0.144. The molecule has 0 aromatic heterocycles. The molecule has 0 fully saturated rings. The van der Waals surface area contributed by atoms with Gasteiger partial charge in [-0.1, -0.05) is 42.5 Å². The fourth-order valence-electron chi connectivity index (χ4n) is 2.62. The average molecular weight is 389 g/mol. The van der Waals surface area contributed by atoms with Crippen molar-refractivity contribution in [2.45, 2.75) is 0 Å². The van der Waals surface area contributed by atoms with Crippen LogP contribution in [0.25, 0.3) is 0 Å². The number of nitrogens with one attached hydrogen (secondary N) is 2. The molecular weight excluding hydrogens is 370 g/mol. The zero-order valence-corrected chi connectivity index (χ0v) is 16.1. The Balaban J connectivity index is 1.67. The van der Waals surface area contributed by atoms with Gasteiger partial charge in [0.2, 0.25) is 0 Å². The Morgan fingerprint density at radius 2 is 1.43 bits per heavy atom. The number of anilines is 2. The van der Waals surface area contributed by atoms with Crippen LogP contribution in [0.2, 0.25) is 0 Å². The first-order valence-electron chi connectivity index (χ1n) is 8.65. The lowest BCUT2D eigenvalue weighted by Gasteiger charge is -2.18. The molecule has 0 bridgehead atoms. The highest BCUT2D eigenvalue weighted by molar-refractivity contribution is 7.80. The number of nitrogens with zero attached hydrogens (tertiary/aromatic N) is 1. The quantitative estimate of drug-likeness (QED) is 0.660. The second-order valence-corrected chi connectivity index (χ2v) is 6.46. The molecule has 0 unspecified atom stereocenters. The molecule has 2 N–H and O–H groups in total. The first-order valence-corrected chi connectivity index (χ1v) is 9.06. The van der Waals surface area contributed by atoms with Gasteiger partial charge in [-0.2, -0.15) is 0 Å². The second kappa shape index (κ2) is 8.92. The van der Waals surface area contributed by atoms with Crippen LogP contribution in [0.3, 0.4) is 0 Å². The van der Waals surface area contributed by atoms with Crippen LogP contribution in [-0.2, 0) is 0 Å². The summed E-state index contributed by atoms with van der Waals surface area (Å²) in [5, 5.41) is 5.74. The number of rotatable bonds is 4. The molecule has 5 nitrogen and oxygen atoms in total. The third kappa shape index (κ3) is 4.81. The lowest BCUT2D eigenvalue weighted by atomic mass is 10.1. The van der Waals surface area contributed by atoms with E-state index in [1.807, 2.05) is 36.4 Å². The molecule has 0 aliphatic carbocycles. The fourth-order valence-corrected chi connectivity index (χ4v) is 2.83. The number of amides is 2. The molecule has 28 heavy (non-hydrogen) atoms. The summed E-state index contributed by atoms with van der Waals surface area (Å²) in [6.07, 6.45) is 0. The van der Waals surface area contributed by atoms with Gasteiger partial charge in [0, 0.05) is 29.5 Å². The zero-order chi connectivity index (χ0) is 19.9. The highest BCUT2D eigenvalue weighted by Crippen LogP contribution is 2.17. The average Bonchev–Trinajstić information content (AvgIpc) is 2.74. The molecule has 3 rings (SSSR count). The Morgan fingerprint density at radius 3 is 2.11 bits per heavy atom.